The molecule has 1 unspecified atom stereocenters. The molecule has 1 N–H and O–H groups in total. The van der Waals surface area contributed by atoms with E-state index in [1.807, 2.05) is 57.2 Å². The molecule has 0 bridgehead atoms. The molecule has 7 heteroatoms. The number of hydrazone groups is 1. The van der Waals surface area contributed by atoms with Crippen molar-refractivity contribution in [2.24, 2.45) is 16.4 Å². The van der Waals surface area contributed by atoms with E-state index < -0.39 is 16.8 Å². The van der Waals surface area contributed by atoms with Crippen molar-refractivity contribution in [2.75, 3.05) is 6.61 Å². The van der Waals surface area contributed by atoms with Crippen LogP contribution in [-0.2, 0) is 26.3 Å². The molecule has 2 aromatic rings. The summed E-state index contributed by atoms with van der Waals surface area (Å²) in [6.45, 7) is 6.20. The van der Waals surface area contributed by atoms with Crippen LogP contribution < -0.4 is 0 Å². The minimum Gasteiger partial charge on any atom is -0.481 e. The lowest BCUT2D eigenvalue weighted by atomic mass is 9.55. The summed E-state index contributed by atoms with van der Waals surface area (Å²) in [5.74, 6) is -0.613. The van der Waals surface area contributed by atoms with Gasteiger partial charge in [0, 0.05) is 0 Å². The minimum absolute atomic E-state index is 0.0967. The summed E-state index contributed by atoms with van der Waals surface area (Å²) in [7, 11) is 0. The molecule has 2 aliphatic rings. The van der Waals surface area contributed by atoms with Gasteiger partial charge in [0.2, 0.25) is 5.90 Å². The fraction of sp³-hybridized carbons (Fsp3) is 0.444. The van der Waals surface area contributed by atoms with Gasteiger partial charge in [-0.3, -0.25) is 9.59 Å². The van der Waals surface area contributed by atoms with Crippen molar-refractivity contribution in [3.05, 3.63) is 70.2 Å². The van der Waals surface area contributed by atoms with Crippen molar-refractivity contribution in [3.63, 3.8) is 0 Å². The Morgan fingerprint density at radius 3 is 2.35 bits per heavy atom. The summed E-state index contributed by atoms with van der Waals surface area (Å²) >= 11 is 6.27. The van der Waals surface area contributed by atoms with Crippen LogP contribution in [0.25, 0.3) is 0 Å². The van der Waals surface area contributed by atoms with Gasteiger partial charge in [0.05, 0.1) is 17.1 Å². The number of rotatable bonds is 6. The number of nitrogens with zero attached hydrogens (tertiary/aromatic N) is 2. The summed E-state index contributed by atoms with van der Waals surface area (Å²) in [5, 5.41) is 16.8. The van der Waals surface area contributed by atoms with E-state index in [9.17, 15) is 14.7 Å². The predicted octanol–water partition coefficient (Wildman–Crippen LogP) is 5.62. The highest BCUT2D eigenvalue weighted by Gasteiger charge is 2.55. The fourth-order valence-corrected chi connectivity index (χ4v) is 5.81. The van der Waals surface area contributed by atoms with Crippen LogP contribution in [0.1, 0.15) is 63.1 Å². The first-order valence-corrected chi connectivity index (χ1v) is 12.1. The van der Waals surface area contributed by atoms with E-state index in [1.54, 1.807) is 12.1 Å². The number of carbonyl (C=O) groups excluding carboxylic acids is 1. The topological polar surface area (TPSA) is 79.2 Å². The lowest BCUT2D eigenvalue weighted by Crippen LogP contribution is -2.52. The van der Waals surface area contributed by atoms with Gasteiger partial charge >= 0.3 is 5.97 Å². The van der Waals surface area contributed by atoms with Crippen LogP contribution >= 0.6 is 11.6 Å². The zero-order chi connectivity index (χ0) is 24.5. The van der Waals surface area contributed by atoms with Crippen LogP contribution in [0.5, 0.6) is 0 Å². The van der Waals surface area contributed by atoms with E-state index in [1.165, 1.54) is 5.01 Å². The van der Waals surface area contributed by atoms with Crippen LogP contribution in [0.4, 0.5) is 0 Å². The first-order chi connectivity index (χ1) is 16.1. The molecule has 1 amide bonds. The number of amides is 1. The van der Waals surface area contributed by atoms with Crippen molar-refractivity contribution in [1.29, 1.82) is 0 Å². The molecule has 0 aromatic heterocycles. The highest BCUT2D eigenvalue weighted by Crippen LogP contribution is 2.52. The van der Waals surface area contributed by atoms with E-state index >= 15 is 0 Å². The third-order valence-corrected chi connectivity index (χ3v) is 7.50. The molecular formula is C27H31ClN2O4. The summed E-state index contributed by atoms with van der Waals surface area (Å²) in [5.41, 5.74) is 0.887. The van der Waals surface area contributed by atoms with Gasteiger partial charge in [-0.05, 0) is 47.4 Å². The molecule has 0 radical (unpaired) electrons. The van der Waals surface area contributed by atoms with Crippen LogP contribution in [-0.4, -0.2) is 34.5 Å². The molecule has 0 saturated heterocycles. The van der Waals surface area contributed by atoms with Crippen molar-refractivity contribution in [2.45, 2.75) is 58.4 Å². The maximum absolute atomic E-state index is 12.8. The first kappa shape index (κ1) is 24.3. The highest BCUT2D eigenvalue weighted by molar-refractivity contribution is 6.33. The Kier molecular flexibility index (Phi) is 6.72. The van der Waals surface area contributed by atoms with Gasteiger partial charge in [-0.15, -0.1) is 5.10 Å². The minimum atomic E-state index is -0.966. The summed E-state index contributed by atoms with van der Waals surface area (Å²) in [6, 6.07) is 14.8. The molecule has 34 heavy (non-hydrogen) atoms. The Balaban J connectivity index is 1.63. The number of ether oxygens (including phenoxy) is 1. The second kappa shape index (κ2) is 9.41. The van der Waals surface area contributed by atoms with Gasteiger partial charge in [0.25, 0.3) is 5.91 Å². The third kappa shape index (κ3) is 4.31. The van der Waals surface area contributed by atoms with Gasteiger partial charge < -0.3 is 9.84 Å². The Hall–Kier alpha value is -2.86. The van der Waals surface area contributed by atoms with Crippen molar-refractivity contribution >= 4 is 29.4 Å². The standard InChI is InChI=1S/C27H31ClN2O4/c1-26(2,3)27(25(32)33,19-8-4-5-9-19)20-14-12-18(13-15-20)16-30-23(31)17-34-24(29-30)21-10-6-7-11-22(21)28/h6-7,10-15,19H,4-5,8-9,16-17H2,1-3H3,(H,32,33). The van der Waals surface area contributed by atoms with Gasteiger partial charge in [-0.2, -0.15) is 0 Å². The smallest absolute Gasteiger partial charge is 0.314 e. The molecule has 1 aliphatic heterocycles. The Morgan fingerprint density at radius 2 is 1.76 bits per heavy atom. The van der Waals surface area contributed by atoms with Crippen LogP contribution in [0.15, 0.2) is 53.6 Å². The number of carbonyl (C=O) groups is 2. The third-order valence-electron chi connectivity index (χ3n) is 7.17. The normalized spacial score (nSPS) is 18.9. The Morgan fingerprint density at radius 1 is 1.12 bits per heavy atom. The Labute approximate surface area is 205 Å². The van der Waals surface area contributed by atoms with Gasteiger partial charge in [-0.1, -0.05) is 81.6 Å². The van der Waals surface area contributed by atoms with E-state index in [-0.39, 0.29) is 25.0 Å². The second-order valence-electron chi connectivity index (χ2n) is 10.2. The van der Waals surface area contributed by atoms with Gasteiger partial charge in [0.15, 0.2) is 6.61 Å². The van der Waals surface area contributed by atoms with Gasteiger partial charge in [0.1, 0.15) is 5.41 Å². The maximum atomic E-state index is 12.8. The molecule has 1 atom stereocenters. The quantitative estimate of drug-likeness (QED) is 0.579. The van der Waals surface area contributed by atoms with Gasteiger partial charge in [-0.25, -0.2) is 5.01 Å². The molecule has 180 valence electrons. The average molecular weight is 483 g/mol. The average Bonchev–Trinajstić information content (AvgIpc) is 3.31. The number of carboxylic acid groups (broad SMARTS) is 1. The van der Waals surface area contributed by atoms with Crippen LogP contribution in [0, 0.1) is 11.3 Å². The molecule has 1 fully saturated rings. The van der Waals surface area contributed by atoms with E-state index in [2.05, 4.69) is 5.10 Å². The molecular weight excluding hydrogens is 452 g/mol. The molecule has 1 heterocycles. The Bertz CT molecular complexity index is 1100. The number of carboxylic acids is 1. The second-order valence-corrected chi connectivity index (χ2v) is 10.6. The van der Waals surface area contributed by atoms with E-state index in [4.69, 9.17) is 16.3 Å². The first-order valence-electron chi connectivity index (χ1n) is 11.7. The number of hydrogen-bond acceptors (Lipinski definition) is 4. The monoisotopic (exact) mass is 482 g/mol. The number of hydrogen-bond donors (Lipinski definition) is 1. The molecule has 1 saturated carbocycles. The van der Waals surface area contributed by atoms with E-state index in [0.29, 0.717) is 16.5 Å². The van der Waals surface area contributed by atoms with Crippen LogP contribution in [0.3, 0.4) is 0 Å². The maximum Gasteiger partial charge on any atom is 0.314 e. The fourth-order valence-electron chi connectivity index (χ4n) is 5.59. The van der Waals surface area contributed by atoms with Crippen molar-refractivity contribution in [3.8, 4) is 0 Å². The highest BCUT2D eigenvalue weighted by atomic mass is 35.5. The molecule has 4 rings (SSSR count). The SMILES string of the molecule is CC(C)(C)C(C(=O)O)(c1ccc(CN2N=C(c3ccccc3Cl)OCC2=O)cc1)C1CCCC1. The van der Waals surface area contributed by atoms with Crippen molar-refractivity contribution in [1.82, 2.24) is 5.01 Å². The summed E-state index contributed by atoms with van der Waals surface area (Å²) in [6.07, 6.45) is 3.98. The number of benzene rings is 2. The largest absolute Gasteiger partial charge is 0.481 e. The number of halogens is 1. The predicted molar refractivity (Wildman–Crippen MR) is 132 cm³/mol. The molecule has 2 aromatic carbocycles. The molecule has 0 spiro atoms. The van der Waals surface area contributed by atoms with E-state index in [0.717, 1.165) is 36.8 Å². The van der Waals surface area contributed by atoms with Crippen LogP contribution in [0.2, 0.25) is 5.02 Å². The zero-order valence-corrected chi connectivity index (χ0v) is 20.6. The molecule has 6 nitrogen and oxygen atoms in total. The van der Waals surface area contributed by atoms with Crippen molar-refractivity contribution < 1.29 is 19.4 Å². The lowest BCUT2D eigenvalue weighted by molar-refractivity contribution is -0.152. The molecule has 1 aliphatic carbocycles. The summed E-state index contributed by atoms with van der Waals surface area (Å²) in [4.78, 5) is 25.3. The number of aliphatic carboxylic acids is 1. The zero-order valence-electron chi connectivity index (χ0n) is 19.9. The summed E-state index contributed by atoms with van der Waals surface area (Å²) < 4.78 is 5.52. The lowest BCUT2D eigenvalue weighted by Gasteiger charge is -2.46.